The minimum atomic E-state index is -0.205. The van der Waals surface area contributed by atoms with Crippen molar-refractivity contribution >= 4 is 51.2 Å². The van der Waals surface area contributed by atoms with E-state index in [0.29, 0.717) is 22.9 Å². The molecule has 1 N–H and O–H groups in total. The van der Waals surface area contributed by atoms with Crippen LogP contribution in [0.1, 0.15) is 52.7 Å². The van der Waals surface area contributed by atoms with Gasteiger partial charge in [-0.2, -0.15) is 0 Å². The first kappa shape index (κ1) is 48.7. The molecule has 2 aliphatic rings. The number of rotatable bonds is 7. The van der Waals surface area contributed by atoms with Crippen LogP contribution in [-0.2, 0) is 31.9 Å². The summed E-state index contributed by atoms with van der Waals surface area (Å²) in [5.74, 6) is 1.74. The van der Waals surface area contributed by atoms with Gasteiger partial charge in [-0.1, -0.05) is 192 Å². The third kappa shape index (κ3) is 8.25. The van der Waals surface area contributed by atoms with Crippen molar-refractivity contribution in [2.45, 2.75) is 52.4 Å². The molecule has 0 bridgehead atoms. The quantitative estimate of drug-likeness (QED) is 0.127. The molecule has 0 aliphatic carbocycles. The van der Waals surface area contributed by atoms with Crippen molar-refractivity contribution in [3.8, 4) is 79.0 Å². The number of benzene rings is 9. The molecule has 0 spiro atoms. The summed E-state index contributed by atoms with van der Waals surface area (Å²) < 4.78 is 9.24. The number of phenolic OH excluding ortho intramolecular Hbond substituents is 1. The van der Waals surface area contributed by atoms with Crippen molar-refractivity contribution in [3.05, 3.63) is 230 Å². The number of nitrogens with zero attached hydrogens (tertiary/aromatic N) is 4. The SMILES string of the molecule is CC(C)(C)c1cc(-c2cc(-c3ccccc3)ccn2)[c-]c(-c2cccc3c2nc(-c2cc4c5c(c2O)Oc2ccccc2B5c2ccccc2N4c2ccccc2)n3-c2ccc(C(C)(C)C)cc2-c2ccccc2)c1.[Pt]. The van der Waals surface area contributed by atoms with Gasteiger partial charge in [0.2, 0.25) is 0 Å². The van der Waals surface area contributed by atoms with Gasteiger partial charge in [0.1, 0.15) is 11.6 Å². The summed E-state index contributed by atoms with van der Waals surface area (Å²) in [5.41, 5.74) is 19.1. The molecule has 4 heterocycles. The molecule has 0 fully saturated rings. The van der Waals surface area contributed by atoms with E-state index >= 15 is 0 Å². The molecule has 0 atom stereocenters. The fraction of sp³-hybridized carbons (Fsp3) is 0.118. The Balaban J connectivity index is 0.00000582. The fourth-order valence-electron chi connectivity index (χ4n) is 11.2. The van der Waals surface area contributed by atoms with E-state index < -0.39 is 0 Å². The van der Waals surface area contributed by atoms with Gasteiger partial charge in [0, 0.05) is 61.0 Å². The van der Waals surface area contributed by atoms with Crippen LogP contribution in [0, 0.1) is 6.07 Å². The van der Waals surface area contributed by atoms with Gasteiger partial charge in [-0.25, -0.2) is 4.98 Å². The van der Waals surface area contributed by atoms with Crippen LogP contribution in [-0.4, -0.2) is 26.4 Å². The Morgan fingerprint density at radius 1 is 0.526 bits per heavy atom. The van der Waals surface area contributed by atoms with E-state index in [4.69, 9.17) is 14.7 Å². The van der Waals surface area contributed by atoms with Gasteiger partial charge in [-0.3, -0.25) is 9.55 Å². The Labute approximate surface area is 459 Å². The van der Waals surface area contributed by atoms with Crippen molar-refractivity contribution in [2.75, 3.05) is 4.90 Å². The molecule has 0 amide bonds. The second kappa shape index (κ2) is 18.8. The van der Waals surface area contributed by atoms with E-state index in [-0.39, 0.29) is 44.4 Å². The molecular weight excluding hydrogens is 1110 g/mol. The average Bonchev–Trinajstić information content (AvgIpc) is 3.89. The largest absolute Gasteiger partial charge is 0.504 e. The molecule has 2 aliphatic heterocycles. The van der Waals surface area contributed by atoms with E-state index in [1.165, 1.54) is 5.56 Å². The molecule has 0 radical (unpaired) electrons. The zero-order valence-electron chi connectivity index (χ0n) is 43.2. The first-order valence-electron chi connectivity index (χ1n) is 25.8. The summed E-state index contributed by atoms with van der Waals surface area (Å²) in [5, 5.41) is 13.3. The monoisotopic (exact) mass is 1160 g/mol. The number of pyridine rings is 1. The fourth-order valence-corrected chi connectivity index (χ4v) is 11.2. The number of aromatic hydroxyl groups is 1. The van der Waals surface area contributed by atoms with Gasteiger partial charge in [0.25, 0.3) is 6.71 Å². The predicted molar refractivity (Wildman–Crippen MR) is 310 cm³/mol. The first-order chi connectivity index (χ1) is 36.4. The number of hydrogen-bond donors (Lipinski definition) is 1. The molecule has 0 saturated carbocycles. The van der Waals surface area contributed by atoms with Gasteiger partial charge < -0.3 is 14.7 Å². The van der Waals surface area contributed by atoms with Crippen LogP contribution in [0.25, 0.3) is 72.7 Å². The molecule has 11 aromatic rings. The average molecular weight is 1170 g/mol. The Morgan fingerprint density at radius 2 is 1.18 bits per heavy atom. The van der Waals surface area contributed by atoms with Crippen molar-refractivity contribution in [3.63, 3.8) is 0 Å². The maximum Gasteiger partial charge on any atom is 0.256 e. The first-order valence-corrected chi connectivity index (χ1v) is 25.8. The minimum absolute atomic E-state index is 0. The summed E-state index contributed by atoms with van der Waals surface area (Å²) in [6.07, 6.45) is 1.89. The topological polar surface area (TPSA) is 63.4 Å². The number of ether oxygens (including phenoxy) is 1. The Bertz CT molecular complexity index is 4030. The standard InChI is InChI=1S/C68H54BN4O2.Pt/c1-67(2,3)48-33-34-57(52(41-48)44-23-12-8-13-24-44)73-59-31-20-27-51(46-37-47(39-49(38-46)68(4,5)6)56-40-45(35-36-70-56)43-21-10-7-11-22-43)63(59)71-66(73)53-42-60-62-65(64(53)74)75-61-32-19-17-29-55(61)69(62)54-28-16-18-30-58(54)72(60)50-25-14-9-15-26-50;/h7-36,38-42,74H,1-6H3;/q-1;. The molecule has 372 valence electrons. The second-order valence-electron chi connectivity index (χ2n) is 21.9. The van der Waals surface area contributed by atoms with Crippen LogP contribution in [0.4, 0.5) is 17.1 Å². The summed E-state index contributed by atoms with van der Waals surface area (Å²) in [6.45, 7) is 13.3. The van der Waals surface area contributed by atoms with Crippen LogP contribution in [0.3, 0.4) is 0 Å². The molecular formula is C68H54BN4O2Pt-. The van der Waals surface area contributed by atoms with Crippen LogP contribution in [0.2, 0.25) is 0 Å². The summed E-state index contributed by atoms with van der Waals surface area (Å²) >= 11 is 0. The van der Waals surface area contributed by atoms with Gasteiger partial charge >= 0.3 is 0 Å². The smallest absolute Gasteiger partial charge is 0.256 e. The third-order valence-electron chi connectivity index (χ3n) is 15.0. The van der Waals surface area contributed by atoms with Crippen molar-refractivity contribution in [1.82, 2.24) is 14.5 Å². The predicted octanol–water partition coefficient (Wildman–Crippen LogP) is 15.3. The molecule has 0 saturated heterocycles. The Hall–Kier alpha value is -8.25. The van der Waals surface area contributed by atoms with Crippen molar-refractivity contribution < 1.29 is 30.9 Å². The summed E-state index contributed by atoms with van der Waals surface area (Å²) in [4.78, 5) is 13.1. The van der Waals surface area contributed by atoms with Gasteiger partial charge in [-0.15, -0.1) is 29.3 Å². The van der Waals surface area contributed by atoms with Crippen molar-refractivity contribution in [1.29, 1.82) is 0 Å². The Kier molecular flexibility index (Phi) is 12.1. The maximum absolute atomic E-state index is 13.3. The number of imidazole rings is 1. The van der Waals surface area contributed by atoms with E-state index in [1.807, 2.05) is 30.5 Å². The molecule has 0 unspecified atom stereocenters. The van der Waals surface area contributed by atoms with Crippen LogP contribution in [0.5, 0.6) is 17.2 Å². The zero-order valence-corrected chi connectivity index (χ0v) is 45.5. The molecule has 76 heavy (non-hydrogen) atoms. The van der Waals surface area contributed by atoms with Gasteiger partial charge in [0.15, 0.2) is 11.5 Å². The maximum atomic E-state index is 13.3. The molecule has 6 nitrogen and oxygen atoms in total. The molecule has 2 aromatic heterocycles. The van der Waals surface area contributed by atoms with E-state index in [2.05, 4.69) is 239 Å². The van der Waals surface area contributed by atoms with E-state index in [0.717, 1.165) is 100 Å². The Morgan fingerprint density at radius 3 is 1.92 bits per heavy atom. The van der Waals surface area contributed by atoms with Crippen molar-refractivity contribution in [2.24, 2.45) is 0 Å². The number of hydrogen-bond acceptors (Lipinski definition) is 5. The number of aromatic nitrogens is 3. The molecule has 8 heteroatoms. The second-order valence-corrected chi connectivity index (χ2v) is 21.9. The molecule has 9 aromatic carbocycles. The van der Waals surface area contributed by atoms with Gasteiger partial charge in [-0.05, 0) is 98.6 Å². The van der Waals surface area contributed by atoms with E-state index in [9.17, 15) is 5.11 Å². The number of fused-ring (bicyclic) bond motifs is 5. The number of phenols is 1. The summed E-state index contributed by atoms with van der Waals surface area (Å²) in [7, 11) is 0. The third-order valence-corrected chi connectivity index (χ3v) is 15.0. The zero-order chi connectivity index (χ0) is 51.2. The van der Waals surface area contributed by atoms with Crippen LogP contribution < -0.4 is 26.0 Å². The molecule has 13 rings (SSSR count). The van der Waals surface area contributed by atoms with Crippen LogP contribution >= 0.6 is 0 Å². The minimum Gasteiger partial charge on any atom is -0.504 e. The number of para-hydroxylation sites is 4. The number of anilines is 3. The van der Waals surface area contributed by atoms with Crippen LogP contribution in [0.15, 0.2) is 212 Å². The summed E-state index contributed by atoms with van der Waals surface area (Å²) in [6, 6.07) is 76.2. The normalized spacial score (nSPS) is 12.6. The van der Waals surface area contributed by atoms with E-state index in [1.54, 1.807) is 0 Å². The van der Waals surface area contributed by atoms with Gasteiger partial charge in [0.05, 0.1) is 22.3 Å².